The Hall–Kier alpha value is -2.41. The number of rotatable bonds is 3. The average Bonchev–Trinajstić information content (AvgIpc) is 3.00. The fourth-order valence-corrected chi connectivity index (χ4v) is 3.43. The van der Waals surface area contributed by atoms with Gasteiger partial charge in [-0.05, 0) is 16.8 Å². The van der Waals surface area contributed by atoms with E-state index in [9.17, 15) is 14.0 Å². The first-order valence-corrected chi connectivity index (χ1v) is 8.47. The van der Waals surface area contributed by atoms with Gasteiger partial charge < -0.3 is 10.2 Å². The number of benzene rings is 2. The molecule has 1 unspecified atom stereocenters. The number of carbonyl (C=O) groups excluding carboxylic acids is 2. The van der Waals surface area contributed by atoms with Crippen molar-refractivity contribution in [2.45, 2.75) is 18.6 Å². The number of amides is 2. The number of nitrogens with one attached hydrogen (secondary N) is 1. The molecule has 0 saturated carbocycles. The SMILES string of the molecule is N#C[C@@H]1CC(F)CN1C(=O)CNC(=O)c1cccc2[c]([Al])cccc12. The Kier molecular flexibility index (Phi) is 5.04. The van der Waals surface area contributed by atoms with Gasteiger partial charge in [0.2, 0.25) is 5.91 Å². The molecule has 2 aromatic carbocycles. The van der Waals surface area contributed by atoms with E-state index >= 15 is 0 Å². The van der Waals surface area contributed by atoms with E-state index in [0.717, 1.165) is 15.2 Å². The number of hydrogen-bond acceptors (Lipinski definition) is 3. The quantitative estimate of drug-likeness (QED) is 0.833. The summed E-state index contributed by atoms with van der Waals surface area (Å²) in [6, 6.07) is 12.2. The van der Waals surface area contributed by atoms with Crippen LogP contribution in [0.3, 0.4) is 0 Å². The van der Waals surface area contributed by atoms with Crippen LogP contribution in [0.4, 0.5) is 4.39 Å². The molecule has 0 aliphatic carbocycles. The number of nitrogens with zero attached hydrogens (tertiary/aromatic N) is 2. The number of nitriles is 1. The van der Waals surface area contributed by atoms with Gasteiger partial charge in [0, 0.05) is 12.0 Å². The lowest BCUT2D eigenvalue weighted by atomic mass is 10.0. The summed E-state index contributed by atoms with van der Waals surface area (Å²) >= 11 is 2.63. The van der Waals surface area contributed by atoms with Gasteiger partial charge in [-0.15, -0.1) is 4.43 Å². The Bertz CT molecular complexity index is 880. The van der Waals surface area contributed by atoms with E-state index in [2.05, 4.69) is 21.6 Å². The molecular formula is C18H15AlFN3O2. The minimum Gasteiger partial charge on any atom is -0.343 e. The van der Waals surface area contributed by atoms with Crippen LogP contribution < -0.4 is 9.74 Å². The van der Waals surface area contributed by atoms with Crippen molar-refractivity contribution in [3.63, 3.8) is 0 Å². The van der Waals surface area contributed by atoms with Crippen molar-refractivity contribution in [1.82, 2.24) is 10.2 Å². The third-order valence-corrected chi connectivity index (χ3v) is 4.82. The molecule has 2 amide bonds. The highest BCUT2D eigenvalue weighted by atomic mass is 27.0. The Morgan fingerprint density at radius 3 is 2.76 bits per heavy atom. The van der Waals surface area contributed by atoms with Gasteiger partial charge in [0.1, 0.15) is 12.2 Å². The van der Waals surface area contributed by atoms with Gasteiger partial charge in [-0.25, -0.2) is 4.39 Å². The van der Waals surface area contributed by atoms with E-state index < -0.39 is 18.1 Å². The molecule has 1 aliphatic heterocycles. The number of fused-ring (bicyclic) bond motifs is 1. The molecule has 5 nitrogen and oxygen atoms in total. The lowest BCUT2D eigenvalue weighted by molar-refractivity contribution is -0.130. The molecule has 2 atom stereocenters. The second-order valence-corrected chi connectivity index (χ2v) is 6.58. The summed E-state index contributed by atoms with van der Waals surface area (Å²) in [6.45, 7) is -0.363. The summed E-state index contributed by atoms with van der Waals surface area (Å²) in [7, 11) is 0. The zero-order valence-electron chi connectivity index (χ0n) is 13.4. The Morgan fingerprint density at radius 1 is 1.28 bits per heavy atom. The first-order valence-electron chi connectivity index (χ1n) is 7.90. The maximum absolute atomic E-state index is 13.4. The normalized spacial score (nSPS) is 19.6. The molecule has 0 spiro atoms. The van der Waals surface area contributed by atoms with Crippen LogP contribution in [-0.2, 0) is 4.79 Å². The van der Waals surface area contributed by atoms with Crippen molar-refractivity contribution in [2.75, 3.05) is 13.1 Å². The van der Waals surface area contributed by atoms with Gasteiger partial charge in [-0.1, -0.05) is 30.3 Å². The van der Waals surface area contributed by atoms with E-state index in [1.54, 1.807) is 12.1 Å². The van der Waals surface area contributed by atoms with Crippen LogP contribution in [0.5, 0.6) is 0 Å². The summed E-state index contributed by atoms with van der Waals surface area (Å²) in [5.41, 5.74) is 0.469. The second kappa shape index (κ2) is 7.23. The second-order valence-electron chi connectivity index (χ2n) is 5.95. The van der Waals surface area contributed by atoms with Crippen molar-refractivity contribution in [2.24, 2.45) is 0 Å². The lowest BCUT2D eigenvalue weighted by Gasteiger charge is -2.19. The predicted octanol–water partition coefficient (Wildman–Crippen LogP) is 0.826. The third-order valence-electron chi connectivity index (χ3n) is 4.32. The van der Waals surface area contributed by atoms with E-state index in [1.807, 2.05) is 30.3 Å². The average molecular weight is 351 g/mol. The molecule has 0 bridgehead atoms. The Morgan fingerprint density at radius 2 is 2.00 bits per heavy atom. The summed E-state index contributed by atoms with van der Waals surface area (Å²) in [6.07, 6.45) is -1.17. The van der Waals surface area contributed by atoms with Crippen LogP contribution in [0.1, 0.15) is 16.8 Å². The van der Waals surface area contributed by atoms with Gasteiger partial charge in [0.05, 0.1) is 19.2 Å². The minimum atomic E-state index is -1.19. The van der Waals surface area contributed by atoms with Crippen molar-refractivity contribution in [3.8, 4) is 6.07 Å². The first kappa shape index (κ1) is 17.4. The van der Waals surface area contributed by atoms with Gasteiger partial charge in [-0.3, -0.25) is 9.59 Å². The third kappa shape index (κ3) is 3.51. The molecule has 1 fully saturated rings. The summed E-state index contributed by atoms with van der Waals surface area (Å²) in [4.78, 5) is 25.9. The van der Waals surface area contributed by atoms with E-state index in [-0.39, 0.29) is 25.4 Å². The molecule has 124 valence electrons. The van der Waals surface area contributed by atoms with Gasteiger partial charge in [0.25, 0.3) is 5.91 Å². The zero-order valence-corrected chi connectivity index (χ0v) is 14.6. The Labute approximate surface area is 152 Å². The van der Waals surface area contributed by atoms with E-state index in [0.29, 0.717) is 5.56 Å². The zero-order chi connectivity index (χ0) is 18.0. The van der Waals surface area contributed by atoms with Crippen LogP contribution >= 0.6 is 0 Å². The summed E-state index contributed by atoms with van der Waals surface area (Å²) in [5.74, 6) is -0.828. The molecule has 1 N–H and O–H groups in total. The predicted molar refractivity (Wildman–Crippen MR) is 92.3 cm³/mol. The minimum absolute atomic E-state index is 0.0243. The fourth-order valence-electron chi connectivity index (χ4n) is 3.07. The van der Waals surface area contributed by atoms with Crippen LogP contribution in [0, 0.1) is 11.3 Å². The Balaban J connectivity index is 1.73. The van der Waals surface area contributed by atoms with Crippen LogP contribution in [0.15, 0.2) is 36.4 Å². The fraction of sp³-hybridized carbons (Fsp3) is 0.278. The summed E-state index contributed by atoms with van der Waals surface area (Å²) < 4.78 is 14.4. The van der Waals surface area contributed by atoms with Gasteiger partial charge in [-0.2, -0.15) is 5.26 Å². The standard InChI is InChI=1S/C18H15FN3O2.Al/c19-13-8-14(9-20)22(11-13)17(23)10-21-18(24)16-7-3-5-12-4-1-2-6-15(12)16;/h1-3,5-7,13-14H,8,10-11H2,(H,21,24);/t13?,14-;/m0./s1. The molecule has 25 heavy (non-hydrogen) atoms. The first-order chi connectivity index (χ1) is 12.0. The van der Waals surface area contributed by atoms with Crippen molar-refractivity contribution in [1.29, 1.82) is 5.26 Å². The maximum atomic E-state index is 13.4. The number of hydrogen-bond donors (Lipinski definition) is 1. The summed E-state index contributed by atoms with van der Waals surface area (Å²) in [5, 5.41) is 13.3. The van der Waals surface area contributed by atoms with Crippen molar-refractivity contribution >= 4 is 43.3 Å². The van der Waals surface area contributed by atoms with Crippen molar-refractivity contribution in [3.05, 3.63) is 42.0 Å². The lowest BCUT2D eigenvalue weighted by Crippen LogP contribution is -2.42. The van der Waals surface area contributed by atoms with E-state index in [1.165, 1.54) is 4.90 Å². The van der Waals surface area contributed by atoms with Crippen LogP contribution in [0.25, 0.3) is 10.8 Å². The molecule has 1 saturated heterocycles. The van der Waals surface area contributed by atoms with E-state index in [4.69, 9.17) is 5.26 Å². The highest BCUT2D eigenvalue weighted by molar-refractivity contribution is 6.39. The number of alkyl halides is 1. The topological polar surface area (TPSA) is 73.2 Å². The highest BCUT2D eigenvalue weighted by Crippen LogP contribution is 2.20. The smallest absolute Gasteiger partial charge is 0.252 e. The highest BCUT2D eigenvalue weighted by Gasteiger charge is 2.35. The molecule has 0 aromatic heterocycles. The molecular weight excluding hydrogens is 336 g/mol. The molecule has 2 aromatic rings. The largest absolute Gasteiger partial charge is 0.343 e. The molecule has 3 rings (SSSR count). The number of halogens is 1. The van der Waals surface area contributed by atoms with Crippen molar-refractivity contribution < 1.29 is 14.0 Å². The van der Waals surface area contributed by atoms with Gasteiger partial charge in [0.15, 0.2) is 16.3 Å². The molecule has 1 heterocycles. The number of likely N-dealkylation sites (tertiary alicyclic amines) is 1. The van der Waals surface area contributed by atoms with Crippen LogP contribution in [-0.4, -0.2) is 58.3 Å². The molecule has 7 heteroatoms. The monoisotopic (exact) mass is 351 g/mol. The molecule has 1 aliphatic rings. The maximum Gasteiger partial charge on any atom is 0.252 e. The van der Waals surface area contributed by atoms with Gasteiger partial charge >= 0.3 is 0 Å². The molecule has 2 radical (unpaired) electrons. The number of carbonyl (C=O) groups is 2. The van der Waals surface area contributed by atoms with Crippen LogP contribution in [0.2, 0.25) is 0 Å².